The molecule has 82 valence electrons. The summed E-state index contributed by atoms with van der Waals surface area (Å²) >= 11 is 2.00. The van der Waals surface area contributed by atoms with Crippen molar-refractivity contribution in [3.05, 3.63) is 38.2 Å². The summed E-state index contributed by atoms with van der Waals surface area (Å²) in [5, 5.41) is 0. The highest BCUT2D eigenvalue weighted by atomic mass is 127. The third-order valence-corrected chi connectivity index (χ3v) is 3.20. The molecule has 0 fully saturated rings. The van der Waals surface area contributed by atoms with E-state index in [2.05, 4.69) is 19.9 Å². The Bertz CT molecular complexity index is 552. The lowest BCUT2D eigenvalue weighted by molar-refractivity contribution is 0.959. The Labute approximate surface area is 106 Å². The van der Waals surface area contributed by atoms with Crippen LogP contribution in [0.3, 0.4) is 0 Å². The van der Waals surface area contributed by atoms with E-state index in [-0.39, 0.29) is 5.56 Å². The minimum Gasteiger partial charge on any atom is -0.304 e. The first-order valence-corrected chi connectivity index (χ1v) is 5.85. The number of nitrogens with one attached hydrogen (secondary N) is 1. The molecular weight excluding hydrogens is 319 g/mol. The van der Waals surface area contributed by atoms with E-state index in [4.69, 9.17) is 0 Å². The molecule has 1 N–H and O–H groups in total. The third-order valence-electron chi connectivity index (χ3n) is 2.09. The van der Waals surface area contributed by atoms with Gasteiger partial charge in [0.05, 0.1) is 9.26 Å². The molecule has 2 heterocycles. The summed E-state index contributed by atoms with van der Waals surface area (Å²) in [5.41, 5.74) is 1.29. The first-order chi connectivity index (χ1) is 7.72. The van der Waals surface area contributed by atoms with E-state index in [1.54, 1.807) is 12.3 Å². The molecule has 2 aromatic rings. The summed E-state index contributed by atoms with van der Waals surface area (Å²) in [6, 6.07) is 1.71. The van der Waals surface area contributed by atoms with E-state index in [9.17, 15) is 4.79 Å². The van der Waals surface area contributed by atoms with E-state index in [0.29, 0.717) is 15.1 Å². The number of aromatic nitrogens is 4. The first-order valence-electron chi connectivity index (χ1n) is 4.77. The molecular formula is C10H9IN4O. The molecule has 0 aliphatic heterocycles. The average molecular weight is 328 g/mol. The van der Waals surface area contributed by atoms with E-state index in [0.717, 1.165) is 12.1 Å². The van der Waals surface area contributed by atoms with E-state index < -0.39 is 0 Å². The normalized spacial score (nSPS) is 10.4. The fraction of sp³-hybridized carbons (Fsp3) is 0.200. The van der Waals surface area contributed by atoms with Gasteiger partial charge in [-0.25, -0.2) is 15.0 Å². The van der Waals surface area contributed by atoms with Crippen LogP contribution in [0.1, 0.15) is 12.6 Å². The Morgan fingerprint density at radius 1 is 1.50 bits per heavy atom. The second kappa shape index (κ2) is 4.69. The van der Waals surface area contributed by atoms with Crippen molar-refractivity contribution in [3.8, 4) is 11.5 Å². The van der Waals surface area contributed by atoms with Gasteiger partial charge in [-0.05, 0) is 35.1 Å². The summed E-state index contributed by atoms with van der Waals surface area (Å²) in [6.45, 7) is 1.97. The molecule has 2 aromatic heterocycles. The van der Waals surface area contributed by atoms with Gasteiger partial charge in [0.2, 0.25) is 0 Å². The lowest BCUT2D eigenvalue weighted by Gasteiger charge is -2.03. The van der Waals surface area contributed by atoms with Crippen LogP contribution in [0, 0.1) is 3.57 Å². The van der Waals surface area contributed by atoms with Gasteiger partial charge in [0.15, 0.2) is 5.82 Å². The number of halogens is 1. The highest BCUT2D eigenvalue weighted by Crippen LogP contribution is 2.12. The molecule has 0 radical (unpaired) electrons. The Balaban J connectivity index is 2.60. The van der Waals surface area contributed by atoms with E-state index in [1.807, 2.05) is 29.5 Å². The van der Waals surface area contributed by atoms with Crippen LogP contribution in [0.5, 0.6) is 0 Å². The highest BCUT2D eigenvalue weighted by molar-refractivity contribution is 14.1. The van der Waals surface area contributed by atoms with Gasteiger partial charge in [-0.15, -0.1) is 0 Å². The maximum atomic E-state index is 11.6. The van der Waals surface area contributed by atoms with Crippen molar-refractivity contribution in [1.82, 2.24) is 19.9 Å². The number of aromatic amines is 1. The van der Waals surface area contributed by atoms with Crippen molar-refractivity contribution in [3.63, 3.8) is 0 Å². The molecule has 0 spiro atoms. The van der Waals surface area contributed by atoms with Crippen LogP contribution >= 0.6 is 22.6 Å². The van der Waals surface area contributed by atoms with Crippen molar-refractivity contribution in [2.75, 3.05) is 0 Å². The summed E-state index contributed by atoms with van der Waals surface area (Å²) in [6.07, 6.45) is 3.77. The lowest BCUT2D eigenvalue weighted by Crippen LogP contribution is -2.16. The van der Waals surface area contributed by atoms with E-state index in [1.165, 1.54) is 6.33 Å². The molecule has 6 heteroatoms. The minimum atomic E-state index is -0.124. The van der Waals surface area contributed by atoms with Crippen molar-refractivity contribution < 1.29 is 0 Å². The summed E-state index contributed by atoms with van der Waals surface area (Å²) in [7, 11) is 0. The second-order valence-corrected chi connectivity index (χ2v) is 4.20. The Hall–Kier alpha value is -1.31. The largest absolute Gasteiger partial charge is 0.304 e. The molecule has 5 nitrogen and oxygen atoms in total. The highest BCUT2D eigenvalue weighted by Gasteiger charge is 2.09. The molecule has 16 heavy (non-hydrogen) atoms. The minimum absolute atomic E-state index is 0.124. The molecule has 0 aliphatic carbocycles. The quantitative estimate of drug-likeness (QED) is 0.846. The molecule has 0 aliphatic rings. The van der Waals surface area contributed by atoms with Crippen LogP contribution in [0.4, 0.5) is 0 Å². The van der Waals surface area contributed by atoms with E-state index >= 15 is 0 Å². The number of H-pyrrole nitrogens is 1. The molecule has 0 saturated heterocycles. The molecule has 0 saturated carbocycles. The number of rotatable bonds is 2. The zero-order chi connectivity index (χ0) is 11.5. The summed E-state index contributed by atoms with van der Waals surface area (Å²) < 4.78 is 0.637. The van der Waals surface area contributed by atoms with Crippen molar-refractivity contribution in [2.24, 2.45) is 0 Å². The molecule has 0 amide bonds. The van der Waals surface area contributed by atoms with Gasteiger partial charge in [0.1, 0.15) is 12.0 Å². The molecule has 0 bridgehead atoms. The van der Waals surface area contributed by atoms with Crippen LogP contribution < -0.4 is 5.56 Å². The number of hydrogen-bond acceptors (Lipinski definition) is 4. The van der Waals surface area contributed by atoms with Gasteiger partial charge in [-0.2, -0.15) is 0 Å². The van der Waals surface area contributed by atoms with Crippen LogP contribution in [0.2, 0.25) is 0 Å². The second-order valence-electron chi connectivity index (χ2n) is 3.12. The van der Waals surface area contributed by atoms with Crippen molar-refractivity contribution in [1.29, 1.82) is 0 Å². The van der Waals surface area contributed by atoms with Crippen LogP contribution in [-0.2, 0) is 6.42 Å². The predicted molar refractivity (Wildman–Crippen MR) is 68.0 cm³/mol. The number of aryl methyl sites for hydroxylation is 1. The number of nitrogens with zero attached hydrogens (tertiary/aromatic N) is 3. The first kappa shape index (κ1) is 11.2. The van der Waals surface area contributed by atoms with Gasteiger partial charge in [-0.1, -0.05) is 6.92 Å². The fourth-order valence-corrected chi connectivity index (χ4v) is 1.93. The standard InChI is InChI=1S/C10H9IN4O/c1-2-6-8(11)10(16)15-9(14-6)7-3-4-12-5-13-7/h3-5H,2H2,1H3,(H,14,15,16). The van der Waals surface area contributed by atoms with Crippen LogP contribution in [0.25, 0.3) is 11.5 Å². The maximum Gasteiger partial charge on any atom is 0.264 e. The summed E-state index contributed by atoms with van der Waals surface area (Å²) in [4.78, 5) is 26.6. The Morgan fingerprint density at radius 2 is 2.31 bits per heavy atom. The fourth-order valence-electron chi connectivity index (χ4n) is 1.29. The molecule has 0 aromatic carbocycles. The van der Waals surface area contributed by atoms with Crippen LogP contribution in [-0.4, -0.2) is 19.9 Å². The molecule has 2 rings (SSSR count). The van der Waals surface area contributed by atoms with Gasteiger partial charge < -0.3 is 4.98 Å². The SMILES string of the molecule is CCc1nc(-c2ccncn2)[nH]c(=O)c1I. The lowest BCUT2D eigenvalue weighted by atomic mass is 10.3. The molecule has 0 unspecified atom stereocenters. The monoisotopic (exact) mass is 328 g/mol. The topological polar surface area (TPSA) is 71.5 Å². The zero-order valence-corrected chi connectivity index (χ0v) is 10.7. The maximum absolute atomic E-state index is 11.6. The van der Waals surface area contributed by atoms with Crippen LogP contribution in [0.15, 0.2) is 23.4 Å². The Morgan fingerprint density at radius 3 is 2.94 bits per heavy atom. The van der Waals surface area contributed by atoms with Gasteiger partial charge in [-0.3, -0.25) is 4.79 Å². The molecule has 0 atom stereocenters. The average Bonchev–Trinajstić information content (AvgIpc) is 2.33. The van der Waals surface area contributed by atoms with Gasteiger partial charge >= 0.3 is 0 Å². The smallest absolute Gasteiger partial charge is 0.264 e. The van der Waals surface area contributed by atoms with Crippen molar-refractivity contribution >= 4 is 22.6 Å². The zero-order valence-electron chi connectivity index (χ0n) is 8.57. The van der Waals surface area contributed by atoms with Gasteiger partial charge in [0, 0.05) is 6.20 Å². The number of hydrogen-bond donors (Lipinski definition) is 1. The Kier molecular flexibility index (Phi) is 3.28. The summed E-state index contributed by atoms with van der Waals surface area (Å²) in [5.74, 6) is 0.490. The van der Waals surface area contributed by atoms with Crippen molar-refractivity contribution in [2.45, 2.75) is 13.3 Å². The third kappa shape index (κ3) is 2.11. The van der Waals surface area contributed by atoms with Gasteiger partial charge in [0.25, 0.3) is 5.56 Å². The predicted octanol–water partition coefficient (Wildman–Crippen LogP) is 1.39.